The van der Waals surface area contributed by atoms with Gasteiger partial charge >= 0.3 is 0 Å². The van der Waals surface area contributed by atoms with E-state index < -0.39 is 11.2 Å². The number of aromatic nitrogens is 2. The van der Waals surface area contributed by atoms with Crippen molar-refractivity contribution in [3.8, 4) is 0 Å². The number of aliphatic hydroxyl groups is 1. The second kappa shape index (κ2) is 4.40. The Hall–Kier alpha value is -1.11. The topological polar surface area (TPSA) is 87.2 Å². The van der Waals surface area contributed by atoms with E-state index >= 15 is 0 Å². The normalized spacial score (nSPS) is 24.6. The molecule has 1 atom stereocenters. The highest BCUT2D eigenvalue weighted by Crippen LogP contribution is 2.21. The van der Waals surface area contributed by atoms with E-state index in [2.05, 4.69) is 15.5 Å². The molecule has 1 aliphatic heterocycles. The minimum absolute atomic E-state index is 0.0394. The fourth-order valence-corrected chi connectivity index (χ4v) is 1.66. The predicted molar refractivity (Wildman–Crippen MR) is 58.7 cm³/mol. The van der Waals surface area contributed by atoms with Crippen molar-refractivity contribution in [3.05, 3.63) is 21.6 Å². The molecule has 3 N–H and O–H groups in total. The van der Waals surface area contributed by atoms with Crippen LogP contribution in [0.1, 0.15) is 6.42 Å². The minimum Gasteiger partial charge on any atom is -0.386 e. The maximum absolute atomic E-state index is 11.1. The van der Waals surface area contributed by atoms with Crippen molar-refractivity contribution in [1.29, 1.82) is 0 Å². The molecule has 1 aromatic heterocycles. The van der Waals surface area contributed by atoms with Gasteiger partial charge in [0.2, 0.25) is 0 Å². The highest BCUT2D eigenvalue weighted by atomic mass is 35.5. The smallest absolute Gasteiger partial charge is 0.285 e. The van der Waals surface area contributed by atoms with E-state index in [1.807, 2.05) is 0 Å². The van der Waals surface area contributed by atoms with Gasteiger partial charge in [-0.25, -0.2) is 5.10 Å². The van der Waals surface area contributed by atoms with Gasteiger partial charge in [-0.3, -0.25) is 4.79 Å². The van der Waals surface area contributed by atoms with E-state index in [0.29, 0.717) is 18.7 Å². The van der Waals surface area contributed by atoms with E-state index in [1.54, 1.807) is 0 Å². The van der Waals surface area contributed by atoms with Crippen LogP contribution in [0.25, 0.3) is 0 Å². The van der Waals surface area contributed by atoms with Gasteiger partial charge in [0, 0.05) is 19.6 Å². The van der Waals surface area contributed by atoms with Crippen LogP contribution in [-0.2, 0) is 4.74 Å². The van der Waals surface area contributed by atoms with Crippen LogP contribution < -0.4 is 10.9 Å². The molecular formula is C9H12ClN3O3. The summed E-state index contributed by atoms with van der Waals surface area (Å²) in [6.45, 7) is 1.10. The van der Waals surface area contributed by atoms with Gasteiger partial charge in [0.1, 0.15) is 10.6 Å². The average molecular weight is 246 g/mol. The third kappa shape index (κ3) is 2.34. The molecule has 1 aliphatic rings. The largest absolute Gasteiger partial charge is 0.386 e. The second-order valence-corrected chi connectivity index (χ2v) is 4.19. The Labute approximate surface area is 96.6 Å². The lowest BCUT2D eigenvalue weighted by Crippen LogP contribution is -2.37. The average Bonchev–Trinajstić information content (AvgIpc) is 2.68. The molecule has 1 aromatic rings. The molecule has 16 heavy (non-hydrogen) atoms. The van der Waals surface area contributed by atoms with Crippen LogP contribution >= 0.6 is 11.6 Å². The molecule has 1 saturated heterocycles. The van der Waals surface area contributed by atoms with Crippen LogP contribution in [0.2, 0.25) is 5.02 Å². The first kappa shape index (κ1) is 11.4. The number of halogens is 1. The minimum atomic E-state index is -0.897. The quantitative estimate of drug-likeness (QED) is 0.697. The van der Waals surface area contributed by atoms with E-state index in [4.69, 9.17) is 16.3 Å². The maximum Gasteiger partial charge on any atom is 0.285 e. The van der Waals surface area contributed by atoms with Gasteiger partial charge in [0.15, 0.2) is 0 Å². The zero-order chi connectivity index (χ0) is 11.6. The zero-order valence-corrected chi connectivity index (χ0v) is 9.25. The van der Waals surface area contributed by atoms with Gasteiger partial charge in [0.05, 0.1) is 18.5 Å². The van der Waals surface area contributed by atoms with Crippen molar-refractivity contribution in [2.75, 3.05) is 25.1 Å². The summed E-state index contributed by atoms with van der Waals surface area (Å²) in [6.07, 6.45) is 1.97. The van der Waals surface area contributed by atoms with Crippen molar-refractivity contribution in [2.45, 2.75) is 12.0 Å². The Balaban J connectivity index is 2.04. The number of hydrogen-bond donors (Lipinski definition) is 3. The lowest BCUT2D eigenvalue weighted by Gasteiger charge is -2.21. The Morgan fingerprint density at radius 1 is 1.75 bits per heavy atom. The van der Waals surface area contributed by atoms with Crippen molar-refractivity contribution in [2.24, 2.45) is 0 Å². The number of H-pyrrole nitrogens is 1. The van der Waals surface area contributed by atoms with Crippen LogP contribution in [0.4, 0.5) is 5.69 Å². The monoisotopic (exact) mass is 245 g/mol. The molecule has 0 spiro atoms. The lowest BCUT2D eigenvalue weighted by molar-refractivity contribution is 0.0382. The van der Waals surface area contributed by atoms with Gasteiger partial charge in [0.25, 0.3) is 5.56 Å². The molecule has 2 heterocycles. The number of nitrogens with one attached hydrogen (secondary N) is 2. The van der Waals surface area contributed by atoms with Gasteiger partial charge in [-0.15, -0.1) is 0 Å². The van der Waals surface area contributed by atoms with Crippen LogP contribution in [-0.4, -0.2) is 40.7 Å². The third-order valence-corrected chi connectivity index (χ3v) is 2.86. The van der Waals surface area contributed by atoms with Crippen molar-refractivity contribution in [1.82, 2.24) is 10.2 Å². The standard InChI is InChI=1S/C9H12ClN3O3/c10-7-6(3-12-13-8(7)14)11-4-9(15)1-2-16-5-9/h3,15H,1-2,4-5H2,(H2,11,13,14). The van der Waals surface area contributed by atoms with Crippen molar-refractivity contribution >= 4 is 17.3 Å². The van der Waals surface area contributed by atoms with Crippen LogP contribution in [0.3, 0.4) is 0 Å². The highest BCUT2D eigenvalue weighted by Gasteiger charge is 2.32. The first-order valence-electron chi connectivity index (χ1n) is 4.88. The van der Waals surface area contributed by atoms with Crippen LogP contribution in [0.15, 0.2) is 11.0 Å². The first-order chi connectivity index (χ1) is 7.61. The second-order valence-electron chi connectivity index (χ2n) is 3.81. The van der Waals surface area contributed by atoms with Crippen molar-refractivity contribution < 1.29 is 9.84 Å². The van der Waals surface area contributed by atoms with Crippen molar-refractivity contribution in [3.63, 3.8) is 0 Å². The number of aromatic amines is 1. The van der Waals surface area contributed by atoms with Crippen LogP contribution in [0, 0.1) is 0 Å². The SMILES string of the molecule is O=c1[nH]ncc(NCC2(O)CCOC2)c1Cl. The Kier molecular flexibility index (Phi) is 3.13. The van der Waals surface area contributed by atoms with Gasteiger partial charge < -0.3 is 15.2 Å². The molecule has 1 fully saturated rings. The fraction of sp³-hybridized carbons (Fsp3) is 0.556. The zero-order valence-electron chi connectivity index (χ0n) is 8.49. The Bertz CT molecular complexity index is 428. The summed E-state index contributed by atoms with van der Waals surface area (Å²) in [5, 5.41) is 18.7. The third-order valence-electron chi connectivity index (χ3n) is 2.49. The molecule has 6 nitrogen and oxygen atoms in total. The number of anilines is 1. The summed E-state index contributed by atoms with van der Waals surface area (Å²) in [5.41, 5.74) is -0.946. The summed E-state index contributed by atoms with van der Waals surface area (Å²) < 4.78 is 5.10. The highest BCUT2D eigenvalue weighted by molar-refractivity contribution is 6.32. The Morgan fingerprint density at radius 2 is 2.56 bits per heavy atom. The van der Waals surface area contributed by atoms with Gasteiger partial charge in [-0.2, -0.15) is 5.10 Å². The first-order valence-corrected chi connectivity index (χ1v) is 5.26. The molecule has 0 saturated carbocycles. The van der Waals surface area contributed by atoms with E-state index in [0.717, 1.165) is 0 Å². The molecule has 88 valence electrons. The molecule has 0 amide bonds. The van der Waals surface area contributed by atoms with Gasteiger partial charge in [-0.05, 0) is 0 Å². The summed E-state index contributed by atoms with van der Waals surface area (Å²) >= 11 is 5.76. The molecule has 7 heteroatoms. The lowest BCUT2D eigenvalue weighted by atomic mass is 10.0. The summed E-state index contributed by atoms with van der Waals surface area (Å²) in [4.78, 5) is 11.1. The van der Waals surface area contributed by atoms with E-state index in [9.17, 15) is 9.90 Å². The molecule has 1 unspecified atom stereocenters. The molecule has 0 radical (unpaired) electrons. The Morgan fingerprint density at radius 3 is 3.25 bits per heavy atom. The molecule has 0 bridgehead atoms. The summed E-state index contributed by atoms with van der Waals surface area (Å²) in [5.74, 6) is 0. The van der Waals surface area contributed by atoms with Gasteiger partial charge in [-0.1, -0.05) is 11.6 Å². The number of ether oxygens (including phenoxy) is 1. The molecule has 2 rings (SSSR count). The molecule has 0 aliphatic carbocycles. The summed E-state index contributed by atoms with van der Waals surface area (Å²) in [6, 6.07) is 0. The number of nitrogens with zero attached hydrogens (tertiary/aromatic N) is 1. The maximum atomic E-state index is 11.1. The predicted octanol–water partition coefficient (Wildman–Crippen LogP) is -0.0134. The van der Waals surface area contributed by atoms with Crippen LogP contribution in [0.5, 0.6) is 0 Å². The fourth-order valence-electron chi connectivity index (χ4n) is 1.50. The van der Waals surface area contributed by atoms with E-state index in [1.165, 1.54) is 6.20 Å². The molecule has 0 aromatic carbocycles. The number of hydrogen-bond acceptors (Lipinski definition) is 5. The number of rotatable bonds is 3. The van der Waals surface area contributed by atoms with E-state index in [-0.39, 0.29) is 18.2 Å². The molecular weight excluding hydrogens is 234 g/mol. The summed E-state index contributed by atoms with van der Waals surface area (Å²) in [7, 11) is 0.